The number of benzene rings is 2. The molecule has 0 radical (unpaired) electrons. The smallest absolute Gasteiger partial charge is 0.276 e. The summed E-state index contributed by atoms with van der Waals surface area (Å²) in [6, 6.07) is 21.3. The highest BCUT2D eigenvalue weighted by molar-refractivity contribution is 5.94. The molecule has 0 atom stereocenters. The number of hydrogen-bond donors (Lipinski definition) is 4. The molecule has 0 fully saturated rings. The fraction of sp³-hybridized carbons (Fsp3) is 0.0417. The number of hydrogen-bond acceptors (Lipinski definition) is 9. The average Bonchev–Trinajstić information content (AvgIpc) is 2.92. The Hall–Kier alpha value is -5.39. The predicted octanol–water partition coefficient (Wildman–Crippen LogP) is 2.81. The van der Waals surface area contributed by atoms with Crippen molar-refractivity contribution in [3.8, 4) is 0 Å². The minimum atomic E-state index is -0.737. The van der Waals surface area contributed by atoms with Crippen LogP contribution in [-0.2, 0) is 4.79 Å². The summed E-state index contributed by atoms with van der Waals surface area (Å²) in [7, 11) is 0. The van der Waals surface area contributed by atoms with E-state index in [0.29, 0.717) is 0 Å². The fourth-order valence-corrected chi connectivity index (χ4v) is 3.40. The zero-order valence-electron chi connectivity index (χ0n) is 18.7. The van der Waals surface area contributed by atoms with E-state index in [4.69, 9.17) is 0 Å². The summed E-state index contributed by atoms with van der Waals surface area (Å²) in [6.45, 7) is 0. The van der Waals surface area contributed by atoms with Crippen LogP contribution in [0.1, 0.15) is 27.4 Å². The molecule has 4 aromatic rings. The van der Waals surface area contributed by atoms with Crippen LogP contribution in [0.2, 0.25) is 0 Å². The summed E-state index contributed by atoms with van der Waals surface area (Å²) in [5, 5.41) is 11.8. The molecular weight excluding hydrogens is 464 g/mol. The molecule has 0 unspecified atom stereocenters. The van der Waals surface area contributed by atoms with Crippen LogP contribution in [0.5, 0.6) is 0 Å². The number of carbonyl (C=O) groups is 2. The van der Waals surface area contributed by atoms with Crippen LogP contribution in [0.15, 0.2) is 91.5 Å². The average molecular weight is 484 g/mol. The number of hydrazine groups is 2. The van der Waals surface area contributed by atoms with Crippen molar-refractivity contribution in [2.45, 2.75) is 5.92 Å². The first-order valence-electron chi connectivity index (χ1n) is 10.7. The lowest BCUT2D eigenvalue weighted by Gasteiger charge is -2.18. The standard InChI is InChI=1S/C24H20N8O4/c33-23(18-12-7-13-25-14-18)30-28-21-20(32(35)36)22(27-15-26-21)29-31-24(34)19(16-8-3-1-4-9-16)17-10-5-2-6-11-17/h1-15,19H,(H,30,33)(H,31,34)(H2,26,27,28,29). The molecule has 0 aliphatic heterocycles. The van der Waals surface area contributed by atoms with Gasteiger partial charge in [-0.05, 0) is 23.3 Å². The van der Waals surface area contributed by atoms with E-state index in [-0.39, 0.29) is 17.2 Å². The van der Waals surface area contributed by atoms with Crippen molar-refractivity contribution in [2.75, 3.05) is 10.9 Å². The van der Waals surface area contributed by atoms with Gasteiger partial charge in [0.2, 0.25) is 17.5 Å². The van der Waals surface area contributed by atoms with Gasteiger partial charge in [-0.2, -0.15) is 0 Å². The zero-order chi connectivity index (χ0) is 25.3. The second-order valence-corrected chi connectivity index (χ2v) is 7.37. The van der Waals surface area contributed by atoms with Crippen LogP contribution in [0.3, 0.4) is 0 Å². The Morgan fingerprint density at radius 1 is 0.806 bits per heavy atom. The number of carbonyl (C=O) groups excluding carboxylic acids is 2. The number of anilines is 2. The highest BCUT2D eigenvalue weighted by Crippen LogP contribution is 2.29. The second kappa shape index (κ2) is 11.2. The Labute approximate surface area is 204 Å². The van der Waals surface area contributed by atoms with Gasteiger partial charge >= 0.3 is 5.69 Å². The molecule has 2 aromatic heterocycles. The summed E-state index contributed by atoms with van der Waals surface area (Å²) in [5.74, 6) is -2.28. The lowest BCUT2D eigenvalue weighted by molar-refractivity contribution is -0.383. The number of aromatic nitrogens is 3. The third-order valence-corrected chi connectivity index (χ3v) is 5.06. The maximum Gasteiger partial charge on any atom is 0.356 e. The molecule has 36 heavy (non-hydrogen) atoms. The Morgan fingerprint density at radius 3 is 1.92 bits per heavy atom. The normalized spacial score (nSPS) is 10.4. The minimum absolute atomic E-state index is 0.236. The molecule has 0 aliphatic carbocycles. The minimum Gasteiger partial charge on any atom is -0.276 e. The second-order valence-electron chi connectivity index (χ2n) is 7.37. The summed E-state index contributed by atoms with van der Waals surface area (Å²) in [5.41, 5.74) is 10.9. The molecule has 2 heterocycles. The molecule has 0 aliphatic rings. The lowest BCUT2D eigenvalue weighted by atomic mass is 9.91. The highest BCUT2D eigenvalue weighted by Gasteiger charge is 2.26. The van der Waals surface area contributed by atoms with Gasteiger partial charge in [0, 0.05) is 12.4 Å². The van der Waals surface area contributed by atoms with Gasteiger partial charge in [0.25, 0.3) is 5.91 Å². The number of nitrogens with one attached hydrogen (secondary N) is 4. The number of rotatable bonds is 9. The van der Waals surface area contributed by atoms with Crippen LogP contribution in [0.25, 0.3) is 0 Å². The van der Waals surface area contributed by atoms with Gasteiger partial charge in [0.05, 0.1) is 16.4 Å². The van der Waals surface area contributed by atoms with Crippen molar-refractivity contribution in [1.29, 1.82) is 0 Å². The summed E-state index contributed by atoms with van der Waals surface area (Å²) in [4.78, 5) is 48.1. The van der Waals surface area contributed by atoms with Crippen molar-refractivity contribution >= 4 is 29.1 Å². The molecule has 0 saturated heterocycles. The topological polar surface area (TPSA) is 164 Å². The van der Waals surface area contributed by atoms with E-state index in [1.54, 1.807) is 6.07 Å². The van der Waals surface area contributed by atoms with Gasteiger partial charge in [-0.25, -0.2) is 9.97 Å². The Bertz CT molecular complexity index is 1320. The van der Waals surface area contributed by atoms with Crippen molar-refractivity contribution in [1.82, 2.24) is 25.8 Å². The molecule has 180 valence electrons. The third-order valence-electron chi connectivity index (χ3n) is 5.06. The summed E-state index contributed by atoms with van der Waals surface area (Å²) >= 11 is 0. The highest BCUT2D eigenvalue weighted by atomic mass is 16.6. The largest absolute Gasteiger partial charge is 0.356 e. The van der Waals surface area contributed by atoms with Gasteiger partial charge in [-0.3, -0.25) is 46.4 Å². The van der Waals surface area contributed by atoms with E-state index in [2.05, 4.69) is 36.7 Å². The first kappa shape index (κ1) is 23.8. The maximum absolute atomic E-state index is 13.2. The number of amides is 2. The predicted molar refractivity (Wildman–Crippen MR) is 131 cm³/mol. The van der Waals surface area contributed by atoms with E-state index in [1.807, 2.05) is 60.7 Å². The molecule has 12 nitrogen and oxygen atoms in total. The number of nitrogens with zero attached hydrogens (tertiary/aromatic N) is 4. The van der Waals surface area contributed by atoms with Crippen LogP contribution in [0, 0.1) is 10.1 Å². The van der Waals surface area contributed by atoms with Crippen molar-refractivity contribution in [2.24, 2.45) is 0 Å². The molecule has 4 N–H and O–H groups in total. The van der Waals surface area contributed by atoms with E-state index in [0.717, 1.165) is 17.5 Å². The fourth-order valence-electron chi connectivity index (χ4n) is 3.40. The van der Waals surface area contributed by atoms with Crippen molar-refractivity contribution in [3.05, 3.63) is 118 Å². The van der Waals surface area contributed by atoms with Gasteiger partial charge in [0.15, 0.2) is 0 Å². The summed E-state index contributed by atoms with van der Waals surface area (Å²) in [6.07, 6.45) is 3.89. The van der Waals surface area contributed by atoms with Crippen molar-refractivity contribution in [3.63, 3.8) is 0 Å². The molecule has 0 spiro atoms. The van der Waals surface area contributed by atoms with E-state index in [1.165, 1.54) is 18.5 Å². The van der Waals surface area contributed by atoms with E-state index >= 15 is 0 Å². The molecule has 2 aromatic carbocycles. The number of nitro groups is 1. The Kier molecular flexibility index (Phi) is 7.36. The Morgan fingerprint density at radius 2 is 1.39 bits per heavy atom. The van der Waals surface area contributed by atoms with Crippen LogP contribution >= 0.6 is 0 Å². The van der Waals surface area contributed by atoms with Gasteiger partial charge < -0.3 is 0 Å². The molecular formula is C24H20N8O4. The molecule has 0 saturated carbocycles. The Balaban J connectivity index is 1.52. The molecule has 4 rings (SSSR count). The van der Waals surface area contributed by atoms with Gasteiger partial charge in [0.1, 0.15) is 6.33 Å². The molecule has 12 heteroatoms. The van der Waals surface area contributed by atoms with Gasteiger partial charge in [-0.15, -0.1) is 0 Å². The number of pyridine rings is 1. The van der Waals surface area contributed by atoms with Crippen molar-refractivity contribution < 1.29 is 14.5 Å². The quantitative estimate of drug-likeness (QED) is 0.206. The SMILES string of the molecule is O=C(NNc1ncnc(NNC(=O)C(c2ccccc2)c2ccccc2)c1[N+](=O)[O-])c1cccnc1. The van der Waals surface area contributed by atoms with E-state index < -0.39 is 28.3 Å². The van der Waals surface area contributed by atoms with Gasteiger partial charge in [-0.1, -0.05) is 60.7 Å². The molecule has 0 bridgehead atoms. The van der Waals surface area contributed by atoms with Crippen LogP contribution < -0.4 is 21.7 Å². The first-order valence-corrected chi connectivity index (χ1v) is 10.7. The van der Waals surface area contributed by atoms with Crippen LogP contribution in [-0.4, -0.2) is 31.7 Å². The third kappa shape index (κ3) is 5.56. The lowest BCUT2D eigenvalue weighted by Crippen LogP contribution is -2.35. The maximum atomic E-state index is 13.2. The first-order chi connectivity index (χ1) is 17.5. The monoisotopic (exact) mass is 484 g/mol. The summed E-state index contributed by atoms with van der Waals surface area (Å²) < 4.78 is 0. The van der Waals surface area contributed by atoms with Crippen LogP contribution in [0.4, 0.5) is 17.3 Å². The zero-order valence-corrected chi connectivity index (χ0v) is 18.7. The molecule has 2 amide bonds. The van der Waals surface area contributed by atoms with E-state index in [9.17, 15) is 19.7 Å².